The first-order chi connectivity index (χ1) is 23.3. The van der Waals surface area contributed by atoms with Crippen LogP contribution in [0.15, 0.2) is 152 Å². The van der Waals surface area contributed by atoms with Crippen LogP contribution < -0.4 is 0 Å². The summed E-state index contributed by atoms with van der Waals surface area (Å²) in [4.78, 5) is 16.0. The lowest BCUT2D eigenvalue weighted by molar-refractivity contribution is 1.21. The number of fused-ring (bicyclic) bond motifs is 9. The average molecular weight is 616 g/mol. The van der Waals surface area contributed by atoms with E-state index in [0.29, 0.717) is 5.82 Å². The minimum absolute atomic E-state index is 0.631. The third-order valence-electron chi connectivity index (χ3n) is 9.30. The first-order valence-electron chi connectivity index (χ1n) is 15.8. The molecule has 0 aliphatic heterocycles. The van der Waals surface area contributed by atoms with Gasteiger partial charge in [0.05, 0.1) is 21.4 Å². The fourth-order valence-electron chi connectivity index (χ4n) is 7.13. The fraction of sp³-hybridized carbons (Fsp3) is 0. The van der Waals surface area contributed by atoms with Crippen LogP contribution in [-0.4, -0.2) is 15.0 Å². The van der Waals surface area contributed by atoms with E-state index in [9.17, 15) is 0 Å². The first-order valence-corrected chi connectivity index (χ1v) is 16.6. The number of nitrogens with zero attached hydrogens (tertiary/aromatic N) is 3. The zero-order chi connectivity index (χ0) is 30.9. The lowest BCUT2D eigenvalue weighted by Crippen LogP contribution is -1.99. The molecule has 3 nitrogen and oxygen atoms in total. The summed E-state index contributed by atoms with van der Waals surface area (Å²) in [6, 6.07) is 53.6. The monoisotopic (exact) mass is 615 g/mol. The van der Waals surface area contributed by atoms with Crippen LogP contribution in [0, 0.1) is 0 Å². The molecule has 0 radical (unpaired) electrons. The summed E-state index contributed by atoms with van der Waals surface area (Å²) in [6.07, 6.45) is 0. The summed E-state index contributed by atoms with van der Waals surface area (Å²) in [5.74, 6) is 0.631. The van der Waals surface area contributed by atoms with Gasteiger partial charge in [0, 0.05) is 37.2 Å². The fourth-order valence-corrected chi connectivity index (χ4v) is 8.33. The standard InChI is InChI=1S/C43H25N3S/c1-2-12-26(13-3-1)27-22-23-33(29-15-5-4-14-28(27)29)39-36-19-8-10-20-37(36)44-43(46-39)41-32-18-7-6-16-30(32)34-24-25-35-31-17-9-11-21-38(31)47-42(35)40(34)45-41/h1-25H. The van der Waals surface area contributed by atoms with Crippen LogP contribution in [0.2, 0.25) is 0 Å². The van der Waals surface area contributed by atoms with E-state index >= 15 is 0 Å². The Morgan fingerprint density at radius 3 is 1.81 bits per heavy atom. The number of para-hydroxylation sites is 1. The molecule has 4 heteroatoms. The van der Waals surface area contributed by atoms with Crippen molar-refractivity contribution in [1.29, 1.82) is 0 Å². The molecule has 0 amide bonds. The third kappa shape index (κ3) is 4.02. The van der Waals surface area contributed by atoms with Crippen molar-refractivity contribution in [2.75, 3.05) is 0 Å². The van der Waals surface area contributed by atoms with E-state index < -0.39 is 0 Å². The molecule has 7 aromatic carbocycles. The molecule has 0 aliphatic carbocycles. The maximum atomic E-state index is 5.44. The van der Waals surface area contributed by atoms with Crippen LogP contribution >= 0.6 is 11.3 Å². The predicted molar refractivity (Wildman–Crippen MR) is 199 cm³/mol. The van der Waals surface area contributed by atoms with E-state index in [4.69, 9.17) is 15.0 Å². The van der Waals surface area contributed by atoms with Gasteiger partial charge in [-0.15, -0.1) is 11.3 Å². The predicted octanol–water partition coefficient (Wildman–Crippen LogP) is 11.9. The van der Waals surface area contributed by atoms with Crippen LogP contribution in [-0.2, 0) is 0 Å². The van der Waals surface area contributed by atoms with Crippen molar-refractivity contribution in [3.05, 3.63) is 152 Å². The van der Waals surface area contributed by atoms with Gasteiger partial charge in [-0.2, -0.15) is 0 Å². The van der Waals surface area contributed by atoms with Gasteiger partial charge in [-0.25, -0.2) is 15.0 Å². The van der Waals surface area contributed by atoms with Crippen LogP contribution in [0.3, 0.4) is 0 Å². The molecule has 0 unspecified atom stereocenters. The van der Waals surface area contributed by atoms with E-state index in [-0.39, 0.29) is 0 Å². The lowest BCUT2D eigenvalue weighted by Gasteiger charge is -2.15. The van der Waals surface area contributed by atoms with E-state index in [1.165, 1.54) is 36.7 Å². The van der Waals surface area contributed by atoms with Crippen LogP contribution in [0.5, 0.6) is 0 Å². The van der Waals surface area contributed by atoms with Gasteiger partial charge in [0.25, 0.3) is 0 Å². The van der Waals surface area contributed by atoms with Crippen LogP contribution in [0.4, 0.5) is 0 Å². The minimum atomic E-state index is 0.631. The van der Waals surface area contributed by atoms with Gasteiger partial charge in [0.15, 0.2) is 5.82 Å². The number of hydrogen-bond donors (Lipinski definition) is 0. The Morgan fingerprint density at radius 1 is 0.362 bits per heavy atom. The topological polar surface area (TPSA) is 38.7 Å². The molecular weight excluding hydrogens is 591 g/mol. The van der Waals surface area contributed by atoms with Gasteiger partial charge in [0.1, 0.15) is 5.69 Å². The highest BCUT2D eigenvalue weighted by Gasteiger charge is 2.20. The normalized spacial score (nSPS) is 11.8. The molecule has 0 atom stereocenters. The van der Waals surface area contributed by atoms with Crippen molar-refractivity contribution in [3.63, 3.8) is 0 Å². The summed E-state index contributed by atoms with van der Waals surface area (Å²) in [7, 11) is 0. The Labute approximate surface area is 274 Å². The molecular formula is C43H25N3S. The van der Waals surface area contributed by atoms with Crippen molar-refractivity contribution in [3.8, 4) is 33.9 Å². The highest BCUT2D eigenvalue weighted by Crippen LogP contribution is 2.42. The molecule has 0 spiro atoms. The van der Waals surface area contributed by atoms with Gasteiger partial charge in [-0.05, 0) is 39.4 Å². The summed E-state index contributed by atoms with van der Waals surface area (Å²) in [5.41, 5.74) is 7.09. The van der Waals surface area contributed by atoms with E-state index in [1.54, 1.807) is 11.3 Å². The van der Waals surface area contributed by atoms with Crippen molar-refractivity contribution in [1.82, 2.24) is 15.0 Å². The van der Waals surface area contributed by atoms with Crippen molar-refractivity contribution in [2.45, 2.75) is 0 Å². The Hall–Kier alpha value is -5.97. The summed E-state index contributed by atoms with van der Waals surface area (Å²) >= 11 is 1.80. The van der Waals surface area contributed by atoms with Crippen molar-refractivity contribution in [2.24, 2.45) is 0 Å². The molecule has 0 bridgehead atoms. The molecule has 218 valence electrons. The van der Waals surface area contributed by atoms with Crippen LogP contribution in [0.25, 0.3) is 97.4 Å². The van der Waals surface area contributed by atoms with Crippen LogP contribution in [0.1, 0.15) is 0 Å². The maximum Gasteiger partial charge on any atom is 0.179 e. The number of rotatable bonds is 3. The molecule has 0 saturated heterocycles. The molecule has 10 rings (SSSR count). The summed E-state index contributed by atoms with van der Waals surface area (Å²) < 4.78 is 2.46. The first kappa shape index (κ1) is 26.3. The SMILES string of the molecule is c1ccc(-c2ccc(-c3nc(-c4nc5c(ccc6c7ccccc7sc65)c5ccccc45)nc4ccccc34)c3ccccc23)cc1. The maximum absolute atomic E-state index is 5.44. The van der Waals surface area contributed by atoms with Gasteiger partial charge >= 0.3 is 0 Å². The highest BCUT2D eigenvalue weighted by molar-refractivity contribution is 7.26. The van der Waals surface area contributed by atoms with E-state index in [2.05, 4.69) is 146 Å². The molecule has 3 heterocycles. The molecule has 0 aliphatic rings. The van der Waals surface area contributed by atoms with Gasteiger partial charge in [-0.1, -0.05) is 140 Å². The lowest BCUT2D eigenvalue weighted by atomic mass is 9.93. The van der Waals surface area contributed by atoms with Gasteiger partial charge in [-0.3, -0.25) is 0 Å². The molecule has 47 heavy (non-hydrogen) atoms. The number of aromatic nitrogens is 3. The molecule has 3 aromatic heterocycles. The van der Waals surface area contributed by atoms with Crippen molar-refractivity contribution >= 4 is 74.9 Å². The zero-order valence-corrected chi connectivity index (χ0v) is 26.0. The van der Waals surface area contributed by atoms with Gasteiger partial charge in [0.2, 0.25) is 0 Å². The van der Waals surface area contributed by atoms with Crippen molar-refractivity contribution < 1.29 is 0 Å². The van der Waals surface area contributed by atoms with E-state index in [0.717, 1.165) is 54.9 Å². The molecule has 10 aromatic rings. The zero-order valence-electron chi connectivity index (χ0n) is 25.2. The molecule has 0 saturated carbocycles. The van der Waals surface area contributed by atoms with E-state index in [1.807, 2.05) is 6.07 Å². The largest absolute Gasteiger partial charge is 0.242 e. The Balaban J connectivity index is 1.28. The summed E-state index contributed by atoms with van der Waals surface area (Å²) in [5, 5.41) is 9.22. The average Bonchev–Trinajstić information content (AvgIpc) is 3.53. The number of benzene rings is 7. The Bertz CT molecular complexity index is 2850. The van der Waals surface area contributed by atoms with Gasteiger partial charge < -0.3 is 0 Å². The Morgan fingerprint density at radius 2 is 0.979 bits per heavy atom. The quantitative estimate of drug-likeness (QED) is 0.186. The highest BCUT2D eigenvalue weighted by atomic mass is 32.1. The second kappa shape index (κ2) is 10.3. The minimum Gasteiger partial charge on any atom is -0.242 e. The number of thiophene rings is 1. The third-order valence-corrected chi connectivity index (χ3v) is 10.5. The smallest absolute Gasteiger partial charge is 0.179 e. The molecule has 0 fully saturated rings. The second-order valence-corrected chi connectivity index (χ2v) is 13.0. The summed E-state index contributed by atoms with van der Waals surface area (Å²) in [6.45, 7) is 0. The second-order valence-electron chi connectivity index (χ2n) is 11.9. The number of pyridine rings is 1. The Kier molecular flexibility index (Phi) is 5.74. The molecule has 0 N–H and O–H groups in total. The number of hydrogen-bond acceptors (Lipinski definition) is 4.